The Bertz CT molecular complexity index is 808. The van der Waals surface area contributed by atoms with E-state index in [1.54, 1.807) is 7.05 Å². The van der Waals surface area contributed by atoms with Gasteiger partial charge in [0.25, 0.3) is 0 Å². The zero-order chi connectivity index (χ0) is 20.3. The van der Waals surface area contributed by atoms with Gasteiger partial charge in [-0.1, -0.05) is 42.5 Å². The quantitative estimate of drug-likeness (QED) is 0.410. The van der Waals surface area contributed by atoms with Crippen LogP contribution in [-0.4, -0.2) is 50.1 Å². The van der Waals surface area contributed by atoms with Crippen LogP contribution < -0.4 is 15.4 Å². The van der Waals surface area contributed by atoms with Crippen LogP contribution in [0, 0.1) is 0 Å². The summed E-state index contributed by atoms with van der Waals surface area (Å²) in [6, 6.07) is 18.1. The van der Waals surface area contributed by atoms with Gasteiger partial charge in [-0.2, -0.15) is 0 Å². The van der Waals surface area contributed by atoms with Gasteiger partial charge in [0.1, 0.15) is 12.4 Å². The first kappa shape index (κ1) is 20.7. The second-order valence-electron chi connectivity index (χ2n) is 7.02. The summed E-state index contributed by atoms with van der Waals surface area (Å²) in [5.41, 5.74) is 2.64. The van der Waals surface area contributed by atoms with E-state index in [1.165, 1.54) is 11.1 Å². The maximum absolute atomic E-state index is 12.5. The highest BCUT2D eigenvalue weighted by Crippen LogP contribution is 2.19. The first-order chi connectivity index (χ1) is 14.3. The van der Waals surface area contributed by atoms with Crippen molar-refractivity contribution in [1.82, 2.24) is 15.5 Å². The van der Waals surface area contributed by atoms with E-state index < -0.39 is 0 Å². The van der Waals surface area contributed by atoms with Gasteiger partial charge in [-0.3, -0.25) is 9.79 Å². The molecule has 1 amide bonds. The SMILES string of the molecule is CN=C(NCCCC(=O)N1CCc2ccccc2C1)NCCOc1ccccc1. The lowest BCUT2D eigenvalue weighted by molar-refractivity contribution is -0.132. The molecule has 0 bridgehead atoms. The zero-order valence-corrected chi connectivity index (χ0v) is 17.1. The van der Waals surface area contributed by atoms with Crippen molar-refractivity contribution in [2.45, 2.75) is 25.8 Å². The molecule has 0 radical (unpaired) electrons. The van der Waals surface area contributed by atoms with Gasteiger partial charge >= 0.3 is 0 Å². The normalized spacial score (nSPS) is 13.6. The van der Waals surface area contributed by atoms with Crippen LogP contribution in [0.2, 0.25) is 0 Å². The largest absolute Gasteiger partial charge is 0.492 e. The van der Waals surface area contributed by atoms with Crippen molar-refractivity contribution in [2.24, 2.45) is 4.99 Å². The molecule has 0 unspecified atom stereocenters. The summed E-state index contributed by atoms with van der Waals surface area (Å²) in [7, 11) is 1.74. The lowest BCUT2D eigenvalue weighted by Crippen LogP contribution is -2.40. The molecule has 6 heteroatoms. The summed E-state index contributed by atoms with van der Waals surface area (Å²) in [5, 5.41) is 6.48. The van der Waals surface area contributed by atoms with Gasteiger partial charge < -0.3 is 20.3 Å². The fourth-order valence-electron chi connectivity index (χ4n) is 3.39. The van der Waals surface area contributed by atoms with Crippen molar-refractivity contribution in [2.75, 3.05) is 33.3 Å². The molecule has 0 aliphatic carbocycles. The molecule has 0 atom stereocenters. The number of guanidine groups is 1. The van der Waals surface area contributed by atoms with Crippen LogP contribution >= 0.6 is 0 Å². The third kappa shape index (κ3) is 6.52. The Hall–Kier alpha value is -3.02. The Balaban J connectivity index is 1.29. The van der Waals surface area contributed by atoms with Crippen molar-refractivity contribution < 1.29 is 9.53 Å². The molecule has 29 heavy (non-hydrogen) atoms. The molecular weight excluding hydrogens is 364 g/mol. The van der Waals surface area contributed by atoms with Crippen LogP contribution in [0.5, 0.6) is 5.75 Å². The molecule has 3 rings (SSSR count). The fraction of sp³-hybridized carbons (Fsp3) is 0.391. The lowest BCUT2D eigenvalue weighted by atomic mass is 9.99. The highest BCUT2D eigenvalue weighted by molar-refractivity contribution is 5.80. The van der Waals surface area contributed by atoms with Gasteiger partial charge in [-0.05, 0) is 36.1 Å². The van der Waals surface area contributed by atoms with E-state index >= 15 is 0 Å². The molecule has 0 aromatic heterocycles. The number of benzene rings is 2. The molecule has 2 N–H and O–H groups in total. The van der Waals surface area contributed by atoms with E-state index in [-0.39, 0.29) is 5.91 Å². The first-order valence-electron chi connectivity index (χ1n) is 10.2. The third-order valence-electron chi connectivity index (χ3n) is 4.97. The summed E-state index contributed by atoms with van der Waals surface area (Å²) >= 11 is 0. The van der Waals surface area contributed by atoms with Crippen LogP contribution in [0.1, 0.15) is 24.0 Å². The number of carbonyl (C=O) groups is 1. The number of carbonyl (C=O) groups excluding carboxylic acids is 1. The van der Waals surface area contributed by atoms with Crippen molar-refractivity contribution in [3.05, 3.63) is 65.7 Å². The molecule has 6 nitrogen and oxygen atoms in total. The molecule has 1 aliphatic rings. The second-order valence-corrected chi connectivity index (χ2v) is 7.02. The number of aliphatic imine (C=N–C) groups is 1. The molecule has 2 aromatic carbocycles. The van der Waals surface area contributed by atoms with Crippen LogP contribution in [0.15, 0.2) is 59.6 Å². The number of fused-ring (bicyclic) bond motifs is 1. The number of nitrogens with one attached hydrogen (secondary N) is 2. The molecule has 1 aliphatic heterocycles. The Labute approximate surface area is 173 Å². The van der Waals surface area contributed by atoms with Crippen molar-refractivity contribution in [3.8, 4) is 5.75 Å². The summed E-state index contributed by atoms with van der Waals surface area (Å²) in [4.78, 5) is 18.7. The van der Waals surface area contributed by atoms with Crippen LogP contribution in [0.25, 0.3) is 0 Å². The number of nitrogens with zero attached hydrogens (tertiary/aromatic N) is 2. The standard InChI is InChI=1S/C23H30N4O2/c1-24-23(26-15-17-29-21-10-3-2-4-11-21)25-14-7-12-22(28)27-16-13-19-8-5-6-9-20(19)18-27/h2-6,8-11H,7,12-18H2,1H3,(H2,24,25,26). The van der Waals surface area contributed by atoms with Crippen LogP contribution in [0.3, 0.4) is 0 Å². The highest BCUT2D eigenvalue weighted by Gasteiger charge is 2.19. The molecule has 2 aromatic rings. The lowest BCUT2D eigenvalue weighted by Gasteiger charge is -2.29. The van der Waals surface area contributed by atoms with E-state index in [0.717, 1.165) is 37.6 Å². The second kappa shape index (κ2) is 11.1. The van der Waals surface area contributed by atoms with E-state index in [9.17, 15) is 4.79 Å². The van der Waals surface area contributed by atoms with E-state index in [2.05, 4.69) is 33.8 Å². The number of para-hydroxylation sites is 1. The molecule has 1 heterocycles. The van der Waals surface area contributed by atoms with E-state index in [1.807, 2.05) is 41.3 Å². The smallest absolute Gasteiger partial charge is 0.222 e. The Morgan fingerprint density at radius 2 is 1.76 bits per heavy atom. The minimum Gasteiger partial charge on any atom is -0.492 e. The molecule has 0 saturated carbocycles. The predicted octanol–water partition coefficient (Wildman–Crippen LogP) is 2.60. The fourth-order valence-corrected chi connectivity index (χ4v) is 3.39. The number of rotatable bonds is 8. The number of ether oxygens (including phenoxy) is 1. The maximum atomic E-state index is 12.5. The van der Waals surface area contributed by atoms with Crippen molar-refractivity contribution in [1.29, 1.82) is 0 Å². The van der Waals surface area contributed by atoms with Gasteiger partial charge in [0.05, 0.1) is 6.54 Å². The number of amides is 1. The minimum absolute atomic E-state index is 0.223. The number of hydrogen-bond donors (Lipinski definition) is 2. The predicted molar refractivity (Wildman–Crippen MR) is 116 cm³/mol. The van der Waals surface area contributed by atoms with Crippen molar-refractivity contribution >= 4 is 11.9 Å². The maximum Gasteiger partial charge on any atom is 0.222 e. The molecule has 0 spiro atoms. The molecular formula is C23H30N4O2. The van der Waals surface area contributed by atoms with Gasteiger partial charge in [0.2, 0.25) is 5.91 Å². The number of hydrogen-bond acceptors (Lipinski definition) is 3. The minimum atomic E-state index is 0.223. The monoisotopic (exact) mass is 394 g/mol. The van der Waals surface area contributed by atoms with Crippen LogP contribution in [-0.2, 0) is 17.8 Å². The summed E-state index contributed by atoms with van der Waals surface area (Å²) in [6.07, 6.45) is 2.27. The molecule has 154 valence electrons. The van der Waals surface area contributed by atoms with Crippen molar-refractivity contribution in [3.63, 3.8) is 0 Å². The Kier molecular flexibility index (Phi) is 7.92. The van der Waals surface area contributed by atoms with Gasteiger partial charge in [0, 0.05) is 33.1 Å². The van der Waals surface area contributed by atoms with Crippen LogP contribution in [0.4, 0.5) is 0 Å². The summed E-state index contributed by atoms with van der Waals surface area (Å²) < 4.78 is 5.65. The highest BCUT2D eigenvalue weighted by atomic mass is 16.5. The first-order valence-corrected chi connectivity index (χ1v) is 10.2. The summed E-state index contributed by atoms with van der Waals surface area (Å²) in [5.74, 6) is 1.80. The topological polar surface area (TPSA) is 66.0 Å². The van der Waals surface area contributed by atoms with Gasteiger partial charge in [-0.25, -0.2) is 0 Å². The van der Waals surface area contributed by atoms with E-state index in [4.69, 9.17) is 4.74 Å². The van der Waals surface area contributed by atoms with E-state index in [0.29, 0.717) is 26.1 Å². The summed E-state index contributed by atoms with van der Waals surface area (Å²) in [6.45, 7) is 3.46. The Morgan fingerprint density at radius 3 is 2.55 bits per heavy atom. The molecule has 0 fully saturated rings. The van der Waals surface area contributed by atoms with Gasteiger partial charge in [-0.15, -0.1) is 0 Å². The molecule has 0 saturated heterocycles. The average molecular weight is 395 g/mol. The average Bonchev–Trinajstić information content (AvgIpc) is 2.78. The third-order valence-corrected chi connectivity index (χ3v) is 4.97. The Morgan fingerprint density at radius 1 is 1.03 bits per heavy atom. The van der Waals surface area contributed by atoms with Gasteiger partial charge in [0.15, 0.2) is 5.96 Å². The zero-order valence-electron chi connectivity index (χ0n) is 17.1.